The molecule has 2 nitrogen and oxygen atoms in total. The molecule has 0 fully saturated rings. The Labute approximate surface area is 106 Å². The summed E-state index contributed by atoms with van der Waals surface area (Å²) in [4.78, 5) is 10.9. The van der Waals surface area contributed by atoms with Gasteiger partial charge in [-0.1, -0.05) is 19.8 Å². The third kappa shape index (κ3) is 10.5. The molecule has 0 spiro atoms. The zero-order valence-electron chi connectivity index (χ0n) is 10.5. The second-order valence-electron chi connectivity index (χ2n) is 4.37. The minimum Gasteiger partial charge on any atom is -0.480 e. The molecule has 0 saturated carbocycles. The number of unbranched alkanes of at least 4 members (excludes halogenated alkanes) is 2. The molecular formula is C12H22F2O2S. The zero-order chi connectivity index (χ0) is 13.3. The van der Waals surface area contributed by atoms with Gasteiger partial charge in [-0.15, -0.1) is 11.8 Å². The van der Waals surface area contributed by atoms with Crippen LogP contribution in [0, 0.1) is 0 Å². The summed E-state index contributed by atoms with van der Waals surface area (Å²) in [6, 6.07) is 0. The average molecular weight is 268 g/mol. The van der Waals surface area contributed by atoms with Gasteiger partial charge in [0.1, 0.15) is 5.25 Å². The maximum absolute atomic E-state index is 12.5. The fraction of sp³-hybridized carbons (Fsp3) is 0.917. The fourth-order valence-electron chi connectivity index (χ4n) is 1.43. The van der Waals surface area contributed by atoms with Crippen LogP contribution in [0.25, 0.3) is 0 Å². The molecule has 0 heterocycles. The number of carboxylic acids is 1. The van der Waals surface area contributed by atoms with Crippen LogP contribution < -0.4 is 0 Å². The van der Waals surface area contributed by atoms with Crippen LogP contribution in [0.3, 0.4) is 0 Å². The number of rotatable bonds is 10. The van der Waals surface area contributed by atoms with Crippen molar-refractivity contribution in [3.8, 4) is 0 Å². The summed E-state index contributed by atoms with van der Waals surface area (Å²) >= 11 is 1.38. The molecule has 0 radical (unpaired) electrons. The Kier molecular flexibility index (Phi) is 8.56. The maximum Gasteiger partial charge on any atom is 0.316 e. The Hall–Kier alpha value is -0.320. The first-order valence-corrected chi connectivity index (χ1v) is 7.14. The molecule has 0 aromatic rings. The minimum atomic E-state index is -2.60. The van der Waals surface area contributed by atoms with Crippen molar-refractivity contribution in [1.29, 1.82) is 0 Å². The van der Waals surface area contributed by atoms with Gasteiger partial charge in [-0.2, -0.15) is 0 Å². The van der Waals surface area contributed by atoms with Crippen LogP contribution in [0.4, 0.5) is 8.78 Å². The van der Waals surface area contributed by atoms with E-state index in [9.17, 15) is 13.6 Å². The zero-order valence-corrected chi connectivity index (χ0v) is 11.4. The summed E-state index contributed by atoms with van der Waals surface area (Å²) in [5, 5.41) is 8.57. The van der Waals surface area contributed by atoms with Crippen LogP contribution in [0.2, 0.25) is 0 Å². The SMILES string of the molecule is CCCCC(SCCCCC(C)(F)F)C(=O)O. The van der Waals surface area contributed by atoms with E-state index in [2.05, 4.69) is 0 Å². The highest BCUT2D eigenvalue weighted by Gasteiger charge is 2.20. The van der Waals surface area contributed by atoms with Crippen molar-refractivity contribution in [2.75, 3.05) is 5.75 Å². The van der Waals surface area contributed by atoms with Crippen molar-refractivity contribution < 1.29 is 18.7 Å². The smallest absolute Gasteiger partial charge is 0.316 e. The summed E-state index contributed by atoms with van der Waals surface area (Å²) < 4.78 is 25.0. The largest absolute Gasteiger partial charge is 0.480 e. The summed E-state index contributed by atoms with van der Waals surface area (Å²) in [7, 11) is 0. The Balaban J connectivity index is 3.65. The lowest BCUT2D eigenvalue weighted by atomic mass is 10.2. The number of aliphatic carboxylic acids is 1. The Morgan fingerprint density at radius 3 is 2.47 bits per heavy atom. The van der Waals surface area contributed by atoms with Crippen LogP contribution in [0.15, 0.2) is 0 Å². The van der Waals surface area contributed by atoms with Crippen LogP contribution in [-0.4, -0.2) is 28.0 Å². The monoisotopic (exact) mass is 268 g/mol. The van der Waals surface area contributed by atoms with Crippen molar-refractivity contribution in [2.45, 2.75) is 63.5 Å². The topological polar surface area (TPSA) is 37.3 Å². The van der Waals surface area contributed by atoms with Gasteiger partial charge in [-0.25, -0.2) is 8.78 Å². The van der Waals surface area contributed by atoms with Gasteiger partial charge in [-0.3, -0.25) is 4.79 Å². The van der Waals surface area contributed by atoms with Crippen molar-refractivity contribution >= 4 is 17.7 Å². The molecule has 1 atom stereocenters. The molecule has 0 saturated heterocycles. The van der Waals surface area contributed by atoms with E-state index >= 15 is 0 Å². The quantitative estimate of drug-likeness (QED) is 0.604. The van der Waals surface area contributed by atoms with Gasteiger partial charge in [-0.05, 0) is 31.9 Å². The molecular weight excluding hydrogens is 246 g/mol. The number of carbonyl (C=O) groups is 1. The van der Waals surface area contributed by atoms with Gasteiger partial charge in [0.25, 0.3) is 0 Å². The minimum absolute atomic E-state index is 0.111. The molecule has 5 heteroatoms. The first-order chi connectivity index (χ1) is 7.87. The fourth-order valence-corrected chi connectivity index (χ4v) is 2.56. The average Bonchev–Trinajstić information content (AvgIpc) is 2.20. The highest BCUT2D eigenvalue weighted by Crippen LogP contribution is 2.23. The van der Waals surface area contributed by atoms with Crippen LogP contribution >= 0.6 is 11.8 Å². The Morgan fingerprint density at radius 2 is 2.00 bits per heavy atom. The van der Waals surface area contributed by atoms with E-state index in [4.69, 9.17) is 5.11 Å². The summed E-state index contributed by atoms with van der Waals surface area (Å²) in [6.07, 6.45) is 3.55. The summed E-state index contributed by atoms with van der Waals surface area (Å²) in [5.41, 5.74) is 0. The summed E-state index contributed by atoms with van der Waals surface area (Å²) in [5.74, 6) is -2.74. The Bertz CT molecular complexity index is 217. The molecule has 17 heavy (non-hydrogen) atoms. The lowest BCUT2D eigenvalue weighted by molar-refractivity contribution is -0.136. The number of alkyl halides is 2. The van der Waals surface area contributed by atoms with Gasteiger partial charge in [0.05, 0.1) is 0 Å². The van der Waals surface area contributed by atoms with Gasteiger partial charge >= 0.3 is 5.97 Å². The lowest BCUT2D eigenvalue weighted by Crippen LogP contribution is -2.17. The van der Waals surface area contributed by atoms with E-state index in [-0.39, 0.29) is 11.7 Å². The molecule has 0 aliphatic heterocycles. The first kappa shape index (κ1) is 16.7. The van der Waals surface area contributed by atoms with Crippen molar-refractivity contribution in [3.05, 3.63) is 0 Å². The van der Waals surface area contributed by atoms with E-state index in [0.29, 0.717) is 25.0 Å². The maximum atomic E-state index is 12.5. The predicted molar refractivity (Wildman–Crippen MR) is 67.9 cm³/mol. The van der Waals surface area contributed by atoms with Gasteiger partial charge in [0.2, 0.25) is 5.92 Å². The first-order valence-electron chi connectivity index (χ1n) is 6.09. The van der Waals surface area contributed by atoms with Crippen LogP contribution in [-0.2, 0) is 4.79 Å². The molecule has 0 aromatic heterocycles. The van der Waals surface area contributed by atoms with Crippen LogP contribution in [0.1, 0.15) is 52.4 Å². The van der Waals surface area contributed by atoms with Crippen molar-refractivity contribution in [3.63, 3.8) is 0 Å². The Morgan fingerprint density at radius 1 is 1.35 bits per heavy atom. The molecule has 0 amide bonds. The third-order valence-electron chi connectivity index (χ3n) is 2.42. The van der Waals surface area contributed by atoms with E-state index in [1.807, 2.05) is 6.92 Å². The van der Waals surface area contributed by atoms with Gasteiger partial charge in [0.15, 0.2) is 0 Å². The van der Waals surface area contributed by atoms with E-state index in [0.717, 1.165) is 19.8 Å². The van der Waals surface area contributed by atoms with E-state index in [1.165, 1.54) is 11.8 Å². The predicted octanol–water partition coefficient (Wildman–Crippen LogP) is 4.19. The second kappa shape index (κ2) is 8.72. The van der Waals surface area contributed by atoms with Gasteiger partial charge in [0, 0.05) is 6.42 Å². The molecule has 1 N–H and O–H groups in total. The molecule has 0 aliphatic carbocycles. The highest BCUT2D eigenvalue weighted by molar-refractivity contribution is 8.00. The number of thioether (sulfide) groups is 1. The number of carboxylic acid groups (broad SMARTS) is 1. The molecule has 0 aliphatic rings. The number of halogens is 2. The number of hydrogen-bond donors (Lipinski definition) is 1. The van der Waals surface area contributed by atoms with Gasteiger partial charge < -0.3 is 5.11 Å². The molecule has 0 bridgehead atoms. The third-order valence-corrected chi connectivity index (χ3v) is 3.79. The number of hydrogen-bond acceptors (Lipinski definition) is 2. The van der Waals surface area contributed by atoms with Crippen LogP contribution in [0.5, 0.6) is 0 Å². The highest BCUT2D eigenvalue weighted by atomic mass is 32.2. The lowest BCUT2D eigenvalue weighted by Gasteiger charge is -2.12. The van der Waals surface area contributed by atoms with Crippen molar-refractivity contribution in [2.24, 2.45) is 0 Å². The molecule has 102 valence electrons. The molecule has 1 unspecified atom stereocenters. The van der Waals surface area contributed by atoms with E-state index < -0.39 is 11.9 Å². The normalized spacial score (nSPS) is 13.6. The summed E-state index contributed by atoms with van der Waals surface area (Å²) in [6.45, 7) is 2.94. The second-order valence-corrected chi connectivity index (χ2v) is 5.68. The molecule has 0 aromatic carbocycles. The molecule has 0 rings (SSSR count). The standard InChI is InChI=1S/C12H22F2O2S/c1-3-4-7-10(11(15)16)17-9-6-5-8-12(2,13)14/h10H,3-9H2,1-2H3,(H,15,16). The van der Waals surface area contributed by atoms with E-state index in [1.54, 1.807) is 0 Å². The van der Waals surface area contributed by atoms with Crippen molar-refractivity contribution in [1.82, 2.24) is 0 Å².